The monoisotopic (exact) mass is 330 g/mol. The molecular weight excluding hydrogens is 308 g/mol. The zero-order chi connectivity index (χ0) is 16.3. The van der Waals surface area contributed by atoms with Gasteiger partial charge in [-0.15, -0.1) is 11.3 Å². The van der Waals surface area contributed by atoms with Crippen LogP contribution in [0.15, 0.2) is 29.6 Å². The smallest absolute Gasteiger partial charge is 0.270 e. The first kappa shape index (κ1) is 16.0. The summed E-state index contributed by atoms with van der Waals surface area (Å²) in [5.74, 6) is 0.790. The Balaban J connectivity index is 1.74. The molecule has 1 aromatic carbocycles. The fourth-order valence-electron chi connectivity index (χ4n) is 3.37. The predicted octanol–water partition coefficient (Wildman–Crippen LogP) is 3.70. The van der Waals surface area contributed by atoms with Gasteiger partial charge in [-0.25, -0.2) is 4.98 Å². The molecule has 0 spiro atoms. The molecule has 1 heterocycles. The Morgan fingerprint density at radius 3 is 2.57 bits per heavy atom. The Labute approximate surface area is 140 Å². The van der Waals surface area contributed by atoms with Crippen molar-refractivity contribution >= 4 is 17.2 Å². The molecule has 1 aromatic heterocycles. The number of aromatic nitrogens is 1. The van der Waals surface area contributed by atoms with E-state index in [0.29, 0.717) is 12.2 Å². The van der Waals surface area contributed by atoms with Gasteiger partial charge in [-0.1, -0.05) is 25.0 Å². The summed E-state index contributed by atoms with van der Waals surface area (Å²) in [5.41, 5.74) is 1.84. The van der Waals surface area contributed by atoms with Gasteiger partial charge in [0.2, 0.25) is 0 Å². The number of amides is 1. The van der Waals surface area contributed by atoms with Crippen LogP contribution >= 0.6 is 11.3 Å². The second-order valence-corrected chi connectivity index (χ2v) is 7.21. The fraction of sp³-hybridized carbons (Fsp3) is 0.444. The van der Waals surface area contributed by atoms with E-state index in [1.165, 1.54) is 29.7 Å². The van der Waals surface area contributed by atoms with Gasteiger partial charge >= 0.3 is 0 Å². The zero-order valence-electron chi connectivity index (χ0n) is 13.6. The van der Waals surface area contributed by atoms with Gasteiger partial charge in [0, 0.05) is 17.3 Å². The number of aryl methyl sites for hydroxylation is 1. The van der Waals surface area contributed by atoms with E-state index < -0.39 is 0 Å². The molecule has 5 heteroatoms. The highest BCUT2D eigenvalue weighted by Crippen LogP contribution is 2.41. The van der Waals surface area contributed by atoms with Crippen molar-refractivity contribution in [1.82, 2.24) is 10.3 Å². The van der Waals surface area contributed by atoms with Gasteiger partial charge in [-0.05, 0) is 37.5 Å². The lowest BCUT2D eigenvalue weighted by molar-refractivity contribution is 0.0938. The minimum absolute atomic E-state index is 0.0347. The van der Waals surface area contributed by atoms with Crippen LogP contribution in [0.2, 0.25) is 0 Å². The number of hydrogen-bond acceptors (Lipinski definition) is 4. The number of carbonyl (C=O) groups is 1. The van der Waals surface area contributed by atoms with Crippen LogP contribution in [-0.2, 0) is 5.41 Å². The van der Waals surface area contributed by atoms with Crippen LogP contribution in [-0.4, -0.2) is 24.5 Å². The molecule has 1 aliphatic carbocycles. The molecule has 2 aromatic rings. The number of carbonyl (C=O) groups excluding carboxylic acids is 1. The van der Waals surface area contributed by atoms with E-state index in [9.17, 15) is 4.79 Å². The lowest BCUT2D eigenvalue weighted by Crippen LogP contribution is -2.39. The summed E-state index contributed by atoms with van der Waals surface area (Å²) >= 11 is 1.50. The van der Waals surface area contributed by atoms with Crippen molar-refractivity contribution in [1.29, 1.82) is 0 Å². The highest BCUT2D eigenvalue weighted by molar-refractivity contribution is 7.09. The van der Waals surface area contributed by atoms with Crippen LogP contribution in [0.5, 0.6) is 5.75 Å². The van der Waals surface area contributed by atoms with E-state index in [1.807, 2.05) is 24.4 Å². The van der Waals surface area contributed by atoms with Crippen molar-refractivity contribution in [3.8, 4) is 5.75 Å². The number of rotatable bonds is 5. The first-order valence-electron chi connectivity index (χ1n) is 7.98. The van der Waals surface area contributed by atoms with E-state index in [1.54, 1.807) is 7.11 Å². The maximum atomic E-state index is 12.3. The Kier molecular flexibility index (Phi) is 4.66. The van der Waals surface area contributed by atoms with Crippen LogP contribution in [0, 0.1) is 6.92 Å². The maximum Gasteiger partial charge on any atom is 0.270 e. The molecule has 0 unspecified atom stereocenters. The zero-order valence-corrected chi connectivity index (χ0v) is 14.4. The molecule has 3 rings (SSSR count). The van der Waals surface area contributed by atoms with Crippen molar-refractivity contribution in [2.75, 3.05) is 13.7 Å². The van der Waals surface area contributed by atoms with Crippen LogP contribution in [0.4, 0.5) is 0 Å². The first-order valence-corrected chi connectivity index (χ1v) is 8.86. The number of thiazole rings is 1. The molecule has 0 atom stereocenters. The van der Waals surface area contributed by atoms with Crippen LogP contribution in [0.25, 0.3) is 0 Å². The minimum atomic E-state index is -0.0749. The highest BCUT2D eigenvalue weighted by Gasteiger charge is 2.36. The summed E-state index contributed by atoms with van der Waals surface area (Å²) in [6, 6.07) is 8.26. The molecule has 23 heavy (non-hydrogen) atoms. The van der Waals surface area contributed by atoms with Crippen LogP contribution < -0.4 is 10.1 Å². The number of hydrogen-bond donors (Lipinski definition) is 1. The number of ether oxygens (including phenoxy) is 1. The molecule has 0 saturated heterocycles. The van der Waals surface area contributed by atoms with Crippen molar-refractivity contribution < 1.29 is 9.53 Å². The summed E-state index contributed by atoms with van der Waals surface area (Å²) in [6.07, 6.45) is 4.63. The predicted molar refractivity (Wildman–Crippen MR) is 92.3 cm³/mol. The molecule has 1 amide bonds. The largest absolute Gasteiger partial charge is 0.497 e. The van der Waals surface area contributed by atoms with Crippen molar-refractivity contribution in [3.63, 3.8) is 0 Å². The molecule has 122 valence electrons. The number of nitrogens with one attached hydrogen (secondary N) is 1. The van der Waals surface area contributed by atoms with Crippen molar-refractivity contribution in [2.45, 2.75) is 38.0 Å². The van der Waals surface area contributed by atoms with Gasteiger partial charge in [0.25, 0.3) is 5.91 Å². The Hall–Kier alpha value is -1.88. The summed E-state index contributed by atoms with van der Waals surface area (Å²) in [4.78, 5) is 16.6. The molecule has 1 aliphatic rings. The Morgan fingerprint density at radius 1 is 1.30 bits per heavy atom. The van der Waals surface area contributed by atoms with Gasteiger partial charge in [-0.3, -0.25) is 4.79 Å². The fourth-order valence-corrected chi connectivity index (χ4v) is 3.96. The van der Waals surface area contributed by atoms with Gasteiger partial charge < -0.3 is 10.1 Å². The standard InChI is InChI=1S/C18H22N2O2S/c1-13-20-16(11-23-13)17(21)19-12-18(9-3-4-10-18)14-5-7-15(22-2)8-6-14/h5-8,11H,3-4,9-10,12H2,1-2H3,(H,19,21). The first-order chi connectivity index (χ1) is 11.1. The lowest BCUT2D eigenvalue weighted by Gasteiger charge is -2.30. The quantitative estimate of drug-likeness (QED) is 0.909. The van der Waals surface area contributed by atoms with Crippen molar-refractivity contribution in [3.05, 3.63) is 45.9 Å². The van der Waals surface area contributed by atoms with Gasteiger partial charge in [-0.2, -0.15) is 0 Å². The molecule has 0 aliphatic heterocycles. The topological polar surface area (TPSA) is 51.2 Å². The van der Waals surface area contributed by atoms with Gasteiger partial charge in [0.05, 0.1) is 12.1 Å². The van der Waals surface area contributed by atoms with E-state index >= 15 is 0 Å². The normalized spacial score (nSPS) is 16.3. The third-order valence-corrected chi connectivity index (χ3v) is 5.48. The molecule has 1 saturated carbocycles. The summed E-state index contributed by atoms with van der Waals surface area (Å²) in [6.45, 7) is 2.58. The van der Waals surface area contributed by atoms with Crippen molar-refractivity contribution in [2.24, 2.45) is 0 Å². The summed E-state index contributed by atoms with van der Waals surface area (Å²) in [5, 5.41) is 5.83. The third-order valence-electron chi connectivity index (χ3n) is 4.70. The van der Waals surface area contributed by atoms with E-state index in [0.717, 1.165) is 23.6 Å². The average Bonchev–Trinajstić information content (AvgIpc) is 3.23. The molecular formula is C18H22N2O2S. The van der Waals surface area contributed by atoms with E-state index in [4.69, 9.17) is 4.74 Å². The lowest BCUT2D eigenvalue weighted by atomic mass is 9.78. The molecule has 1 N–H and O–H groups in total. The molecule has 0 bridgehead atoms. The van der Waals surface area contributed by atoms with E-state index in [-0.39, 0.29) is 11.3 Å². The Morgan fingerprint density at radius 2 is 2.00 bits per heavy atom. The van der Waals surface area contributed by atoms with Crippen LogP contribution in [0.1, 0.15) is 46.7 Å². The Bertz CT molecular complexity index is 673. The SMILES string of the molecule is COc1ccc(C2(CNC(=O)c3csc(C)n3)CCCC2)cc1. The van der Waals surface area contributed by atoms with E-state index in [2.05, 4.69) is 22.4 Å². The maximum absolute atomic E-state index is 12.3. The average molecular weight is 330 g/mol. The number of nitrogens with zero attached hydrogens (tertiary/aromatic N) is 1. The van der Waals surface area contributed by atoms with Gasteiger partial charge in [0.1, 0.15) is 11.4 Å². The highest BCUT2D eigenvalue weighted by atomic mass is 32.1. The second-order valence-electron chi connectivity index (χ2n) is 6.15. The number of methoxy groups -OCH3 is 1. The van der Waals surface area contributed by atoms with Gasteiger partial charge in [0.15, 0.2) is 0 Å². The van der Waals surface area contributed by atoms with Crippen LogP contribution in [0.3, 0.4) is 0 Å². The molecule has 0 radical (unpaired) electrons. The summed E-state index contributed by atoms with van der Waals surface area (Å²) < 4.78 is 5.25. The second kappa shape index (κ2) is 6.71. The number of benzene rings is 1. The minimum Gasteiger partial charge on any atom is -0.497 e. The molecule has 4 nitrogen and oxygen atoms in total. The summed E-state index contributed by atoms with van der Waals surface area (Å²) in [7, 11) is 1.68. The third kappa shape index (κ3) is 3.39. The molecule has 1 fully saturated rings.